The van der Waals surface area contributed by atoms with Crippen LogP contribution in [-0.2, 0) is 9.53 Å². The number of ether oxygens (including phenoxy) is 1. The molecule has 92 valence electrons. The molecule has 2 aliphatic rings. The van der Waals surface area contributed by atoms with Gasteiger partial charge in [0.1, 0.15) is 6.10 Å². The zero-order valence-corrected chi connectivity index (χ0v) is 10.6. The standard InChI is InChI=1S/C14H24O2/c1-11(2)10-14(8-9-14)13(15)16-12-6-4-3-5-7-12/h11-12H,3-10H2,1-2H3. The van der Waals surface area contributed by atoms with E-state index in [4.69, 9.17) is 4.74 Å². The van der Waals surface area contributed by atoms with E-state index >= 15 is 0 Å². The summed E-state index contributed by atoms with van der Waals surface area (Å²) in [5.41, 5.74) is -0.0778. The average Bonchev–Trinajstić information content (AvgIpc) is 2.99. The first kappa shape index (κ1) is 11.9. The molecule has 0 aromatic carbocycles. The number of carbonyl (C=O) groups is 1. The third kappa shape index (κ3) is 2.78. The highest BCUT2D eigenvalue weighted by molar-refractivity contribution is 5.80. The largest absolute Gasteiger partial charge is 0.462 e. The normalized spacial score (nSPS) is 24.4. The minimum atomic E-state index is -0.0778. The van der Waals surface area contributed by atoms with Crippen LogP contribution < -0.4 is 0 Å². The van der Waals surface area contributed by atoms with Gasteiger partial charge in [-0.1, -0.05) is 20.3 Å². The van der Waals surface area contributed by atoms with E-state index in [-0.39, 0.29) is 17.5 Å². The van der Waals surface area contributed by atoms with Gasteiger partial charge in [0.2, 0.25) is 0 Å². The summed E-state index contributed by atoms with van der Waals surface area (Å²) in [5, 5.41) is 0. The summed E-state index contributed by atoms with van der Waals surface area (Å²) >= 11 is 0. The fraction of sp³-hybridized carbons (Fsp3) is 0.929. The molecule has 2 rings (SSSR count). The third-order valence-electron chi connectivity index (χ3n) is 3.91. The molecule has 0 bridgehead atoms. The zero-order valence-electron chi connectivity index (χ0n) is 10.6. The van der Waals surface area contributed by atoms with Crippen molar-refractivity contribution in [2.24, 2.45) is 11.3 Å². The molecule has 0 N–H and O–H groups in total. The fourth-order valence-electron chi connectivity index (χ4n) is 2.88. The number of rotatable bonds is 4. The first-order valence-corrected chi connectivity index (χ1v) is 6.83. The first-order chi connectivity index (χ1) is 7.62. The van der Waals surface area contributed by atoms with Gasteiger partial charge in [-0.05, 0) is 50.9 Å². The molecule has 2 aliphatic carbocycles. The lowest BCUT2D eigenvalue weighted by Gasteiger charge is -2.25. The maximum Gasteiger partial charge on any atom is 0.312 e. The average molecular weight is 224 g/mol. The van der Waals surface area contributed by atoms with Crippen LogP contribution in [0.15, 0.2) is 0 Å². The second-order valence-corrected chi connectivity index (χ2v) is 6.04. The van der Waals surface area contributed by atoms with E-state index in [1.165, 1.54) is 19.3 Å². The molecule has 2 fully saturated rings. The van der Waals surface area contributed by atoms with Gasteiger partial charge in [-0.2, -0.15) is 0 Å². The van der Waals surface area contributed by atoms with Crippen LogP contribution in [-0.4, -0.2) is 12.1 Å². The summed E-state index contributed by atoms with van der Waals surface area (Å²) in [6.07, 6.45) is 9.29. The Bertz CT molecular complexity index is 247. The Kier molecular flexibility index (Phi) is 3.56. The van der Waals surface area contributed by atoms with Crippen LogP contribution in [0.1, 0.15) is 65.2 Å². The van der Waals surface area contributed by atoms with E-state index in [9.17, 15) is 4.79 Å². The maximum atomic E-state index is 12.1. The van der Waals surface area contributed by atoms with E-state index in [2.05, 4.69) is 13.8 Å². The lowest BCUT2D eigenvalue weighted by atomic mass is 9.93. The maximum absolute atomic E-state index is 12.1. The van der Waals surface area contributed by atoms with E-state index in [1.54, 1.807) is 0 Å². The molecule has 2 nitrogen and oxygen atoms in total. The van der Waals surface area contributed by atoms with Crippen molar-refractivity contribution in [3.63, 3.8) is 0 Å². The number of hydrogen-bond acceptors (Lipinski definition) is 2. The van der Waals surface area contributed by atoms with Gasteiger partial charge in [-0.15, -0.1) is 0 Å². The lowest BCUT2D eigenvalue weighted by molar-refractivity contribution is -0.158. The van der Waals surface area contributed by atoms with Gasteiger partial charge in [0.15, 0.2) is 0 Å². The van der Waals surface area contributed by atoms with Gasteiger partial charge in [-0.25, -0.2) is 0 Å². The summed E-state index contributed by atoms with van der Waals surface area (Å²) in [7, 11) is 0. The Hall–Kier alpha value is -0.530. The van der Waals surface area contributed by atoms with E-state index in [0.717, 1.165) is 32.1 Å². The van der Waals surface area contributed by atoms with E-state index < -0.39 is 0 Å². The summed E-state index contributed by atoms with van der Waals surface area (Å²) in [5.74, 6) is 0.703. The molecule has 0 aromatic heterocycles. The molecule has 0 heterocycles. The van der Waals surface area contributed by atoms with Gasteiger partial charge in [-0.3, -0.25) is 4.79 Å². The number of esters is 1. The van der Waals surface area contributed by atoms with Crippen molar-refractivity contribution < 1.29 is 9.53 Å². The minimum absolute atomic E-state index is 0.0778. The molecule has 2 heteroatoms. The van der Waals surface area contributed by atoms with Crippen LogP contribution in [0.25, 0.3) is 0 Å². The lowest BCUT2D eigenvalue weighted by Crippen LogP contribution is -2.27. The third-order valence-corrected chi connectivity index (χ3v) is 3.91. The second-order valence-electron chi connectivity index (χ2n) is 6.04. The molecule has 0 radical (unpaired) electrons. The molecule has 2 saturated carbocycles. The van der Waals surface area contributed by atoms with E-state index in [0.29, 0.717) is 5.92 Å². The van der Waals surface area contributed by atoms with Crippen LogP contribution in [0.5, 0.6) is 0 Å². The Morgan fingerprint density at radius 2 is 1.88 bits per heavy atom. The molecule has 0 aromatic rings. The SMILES string of the molecule is CC(C)CC1(C(=O)OC2CCCCC2)CC1. The zero-order chi connectivity index (χ0) is 11.6. The van der Waals surface area contributed by atoms with Crippen molar-refractivity contribution in [3.05, 3.63) is 0 Å². The van der Waals surface area contributed by atoms with Gasteiger partial charge in [0, 0.05) is 0 Å². The molecular weight excluding hydrogens is 200 g/mol. The molecule has 0 aliphatic heterocycles. The Morgan fingerprint density at radius 1 is 1.25 bits per heavy atom. The van der Waals surface area contributed by atoms with Gasteiger partial charge in [0.05, 0.1) is 5.41 Å². The van der Waals surface area contributed by atoms with Gasteiger partial charge < -0.3 is 4.74 Å². The molecule has 16 heavy (non-hydrogen) atoms. The van der Waals surface area contributed by atoms with Crippen molar-refractivity contribution in [1.29, 1.82) is 0 Å². The highest BCUT2D eigenvalue weighted by atomic mass is 16.5. The summed E-state index contributed by atoms with van der Waals surface area (Å²) in [6, 6.07) is 0. The van der Waals surface area contributed by atoms with Crippen LogP contribution in [0.4, 0.5) is 0 Å². The highest BCUT2D eigenvalue weighted by Crippen LogP contribution is 2.52. The van der Waals surface area contributed by atoms with Crippen LogP contribution in [0.3, 0.4) is 0 Å². The topological polar surface area (TPSA) is 26.3 Å². The van der Waals surface area contributed by atoms with Gasteiger partial charge >= 0.3 is 5.97 Å². The fourth-order valence-corrected chi connectivity index (χ4v) is 2.88. The summed E-state index contributed by atoms with van der Waals surface area (Å²) in [6.45, 7) is 4.38. The summed E-state index contributed by atoms with van der Waals surface area (Å²) in [4.78, 5) is 12.1. The van der Waals surface area contributed by atoms with Crippen molar-refractivity contribution in [2.45, 2.75) is 71.3 Å². The Labute approximate surface area is 98.7 Å². The van der Waals surface area contributed by atoms with Crippen molar-refractivity contribution in [2.75, 3.05) is 0 Å². The van der Waals surface area contributed by atoms with Crippen molar-refractivity contribution in [3.8, 4) is 0 Å². The first-order valence-electron chi connectivity index (χ1n) is 6.83. The number of hydrogen-bond donors (Lipinski definition) is 0. The van der Waals surface area contributed by atoms with Crippen molar-refractivity contribution in [1.82, 2.24) is 0 Å². The predicted molar refractivity (Wildman–Crippen MR) is 64.1 cm³/mol. The molecule has 0 unspecified atom stereocenters. The van der Waals surface area contributed by atoms with Crippen LogP contribution in [0, 0.1) is 11.3 Å². The Balaban J connectivity index is 1.82. The Morgan fingerprint density at radius 3 is 2.38 bits per heavy atom. The molecule has 0 saturated heterocycles. The quantitative estimate of drug-likeness (QED) is 0.681. The highest BCUT2D eigenvalue weighted by Gasteiger charge is 2.51. The van der Waals surface area contributed by atoms with Gasteiger partial charge in [0.25, 0.3) is 0 Å². The molecule has 0 amide bonds. The minimum Gasteiger partial charge on any atom is -0.462 e. The van der Waals surface area contributed by atoms with Crippen LogP contribution >= 0.6 is 0 Å². The predicted octanol–water partition coefficient (Wildman–Crippen LogP) is 3.69. The summed E-state index contributed by atoms with van der Waals surface area (Å²) < 4.78 is 5.68. The monoisotopic (exact) mass is 224 g/mol. The van der Waals surface area contributed by atoms with Crippen molar-refractivity contribution >= 4 is 5.97 Å². The molecular formula is C14H24O2. The molecule has 0 atom stereocenters. The number of carbonyl (C=O) groups excluding carboxylic acids is 1. The van der Waals surface area contributed by atoms with Crippen LogP contribution in [0.2, 0.25) is 0 Å². The smallest absolute Gasteiger partial charge is 0.312 e. The van der Waals surface area contributed by atoms with E-state index in [1.807, 2.05) is 0 Å². The second kappa shape index (κ2) is 4.77. The molecule has 0 spiro atoms.